The Balaban J connectivity index is 0.00000242. The second-order valence-corrected chi connectivity index (χ2v) is 6.47. The highest BCUT2D eigenvalue weighted by Crippen LogP contribution is 2.39. The van der Waals surface area contributed by atoms with Gasteiger partial charge in [-0.05, 0) is 18.6 Å². The van der Waals surface area contributed by atoms with E-state index in [1.165, 1.54) is 12.8 Å². The van der Waals surface area contributed by atoms with Crippen molar-refractivity contribution < 1.29 is 5.11 Å². The minimum Gasteiger partial charge on any atom is -0.506 e. The summed E-state index contributed by atoms with van der Waals surface area (Å²) in [5.74, 6) is 0.182. The third-order valence-corrected chi connectivity index (χ3v) is 4.60. The van der Waals surface area contributed by atoms with E-state index in [-0.39, 0.29) is 36.6 Å². The van der Waals surface area contributed by atoms with Crippen LogP contribution in [0.15, 0.2) is 12.1 Å². The standard InChI is InChI=1S/C16H24Cl2N2O.2ClH/c1-2-3-4-5-15(20-8-6-19-7-9-20)13-10-12(17)11-14(18)16(13)21;;/h10-11,15,19,21H,2-9H2,1H3;2*1H/t15-;;/m0../s1. The number of aromatic hydroxyl groups is 1. The van der Waals surface area contributed by atoms with Gasteiger partial charge in [-0.15, -0.1) is 24.8 Å². The number of unbranched alkanes of at least 4 members (excludes halogenated alkanes) is 2. The largest absolute Gasteiger partial charge is 0.506 e. The molecule has 1 aromatic rings. The average Bonchev–Trinajstić information content (AvgIpc) is 2.49. The Morgan fingerprint density at radius 3 is 2.43 bits per heavy atom. The van der Waals surface area contributed by atoms with Crippen LogP contribution in [0.5, 0.6) is 5.75 Å². The highest BCUT2D eigenvalue weighted by atomic mass is 35.5. The zero-order valence-corrected chi connectivity index (χ0v) is 16.5. The van der Waals surface area contributed by atoms with Crippen LogP contribution in [-0.2, 0) is 0 Å². The molecule has 0 amide bonds. The summed E-state index contributed by atoms with van der Waals surface area (Å²) in [5.41, 5.74) is 0.866. The van der Waals surface area contributed by atoms with Crippen molar-refractivity contribution in [3.8, 4) is 5.75 Å². The van der Waals surface area contributed by atoms with Crippen molar-refractivity contribution in [2.45, 2.75) is 38.6 Å². The van der Waals surface area contributed by atoms with E-state index in [1.54, 1.807) is 6.07 Å². The molecule has 1 heterocycles. The fraction of sp³-hybridized carbons (Fsp3) is 0.625. The second kappa shape index (κ2) is 11.6. The molecule has 0 aliphatic carbocycles. The van der Waals surface area contributed by atoms with Crippen LogP contribution >= 0.6 is 48.0 Å². The molecule has 2 rings (SSSR count). The van der Waals surface area contributed by atoms with Crippen molar-refractivity contribution in [1.82, 2.24) is 10.2 Å². The van der Waals surface area contributed by atoms with Crippen molar-refractivity contribution >= 4 is 48.0 Å². The topological polar surface area (TPSA) is 35.5 Å². The van der Waals surface area contributed by atoms with Crippen LogP contribution in [0.1, 0.15) is 44.2 Å². The maximum Gasteiger partial charge on any atom is 0.139 e. The summed E-state index contributed by atoms with van der Waals surface area (Å²) in [6, 6.07) is 3.65. The van der Waals surface area contributed by atoms with Crippen molar-refractivity contribution in [3.05, 3.63) is 27.7 Å². The number of nitrogens with one attached hydrogen (secondary N) is 1. The highest BCUT2D eigenvalue weighted by Gasteiger charge is 2.25. The molecular weight excluding hydrogens is 378 g/mol. The van der Waals surface area contributed by atoms with Crippen LogP contribution < -0.4 is 5.32 Å². The van der Waals surface area contributed by atoms with Gasteiger partial charge in [-0.1, -0.05) is 49.4 Å². The molecule has 0 aromatic heterocycles. The Labute approximate surface area is 161 Å². The lowest BCUT2D eigenvalue weighted by Gasteiger charge is -2.35. The highest BCUT2D eigenvalue weighted by molar-refractivity contribution is 6.35. The number of halogens is 4. The average molecular weight is 404 g/mol. The van der Waals surface area contributed by atoms with Gasteiger partial charge in [0, 0.05) is 42.8 Å². The summed E-state index contributed by atoms with van der Waals surface area (Å²) in [7, 11) is 0. The SMILES string of the molecule is CCCCC[C@@H](c1cc(Cl)cc(Cl)c1O)N1CCNCC1.Cl.Cl. The number of piperazine rings is 1. The summed E-state index contributed by atoms with van der Waals surface area (Å²) < 4.78 is 0. The molecule has 0 saturated carbocycles. The van der Waals surface area contributed by atoms with Crippen molar-refractivity contribution in [3.63, 3.8) is 0 Å². The minimum absolute atomic E-state index is 0. The molecule has 1 aliphatic heterocycles. The molecule has 1 fully saturated rings. The second-order valence-electron chi connectivity index (χ2n) is 5.62. The van der Waals surface area contributed by atoms with E-state index in [2.05, 4.69) is 17.1 Å². The van der Waals surface area contributed by atoms with Gasteiger partial charge < -0.3 is 10.4 Å². The third kappa shape index (κ3) is 6.49. The summed E-state index contributed by atoms with van der Waals surface area (Å²) in [6.45, 7) is 6.15. The zero-order chi connectivity index (χ0) is 15.2. The van der Waals surface area contributed by atoms with Crippen molar-refractivity contribution in [1.29, 1.82) is 0 Å². The lowest BCUT2D eigenvalue weighted by molar-refractivity contribution is 0.160. The fourth-order valence-electron chi connectivity index (χ4n) is 2.96. The summed E-state index contributed by atoms with van der Waals surface area (Å²) in [6.07, 6.45) is 4.57. The van der Waals surface area contributed by atoms with Crippen LogP contribution in [0, 0.1) is 0 Å². The molecule has 0 bridgehead atoms. The van der Waals surface area contributed by atoms with E-state index >= 15 is 0 Å². The van der Waals surface area contributed by atoms with Crippen molar-refractivity contribution in [2.75, 3.05) is 26.2 Å². The molecule has 7 heteroatoms. The van der Waals surface area contributed by atoms with E-state index < -0.39 is 0 Å². The number of rotatable bonds is 6. The third-order valence-electron chi connectivity index (χ3n) is 4.09. The van der Waals surface area contributed by atoms with Gasteiger partial charge in [-0.3, -0.25) is 4.90 Å². The van der Waals surface area contributed by atoms with Gasteiger partial charge in [-0.2, -0.15) is 0 Å². The predicted octanol–water partition coefficient (Wildman–Crippen LogP) is 5.07. The number of nitrogens with zero attached hydrogens (tertiary/aromatic N) is 1. The molecule has 1 aliphatic rings. The normalized spacial score (nSPS) is 16.3. The monoisotopic (exact) mass is 402 g/mol. The van der Waals surface area contributed by atoms with Gasteiger partial charge in [-0.25, -0.2) is 0 Å². The van der Waals surface area contributed by atoms with Crippen LogP contribution in [-0.4, -0.2) is 36.2 Å². The Bertz CT molecular complexity index is 468. The lowest BCUT2D eigenvalue weighted by atomic mass is 9.97. The predicted molar refractivity (Wildman–Crippen MR) is 104 cm³/mol. The van der Waals surface area contributed by atoms with Crippen LogP contribution in [0.25, 0.3) is 0 Å². The lowest BCUT2D eigenvalue weighted by Crippen LogP contribution is -2.45. The maximum atomic E-state index is 10.3. The molecular formula is C16H26Cl4N2O. The molecule has 3 nitrogen and oxygen atoms in total. The van der Waals surface area contributed by atoms with E-state index in [1.807, 2.05) is 6.07 Å². The number of hydrogen-bond donors (Lipinski definition) is 2. The fourth-order valence-corrected chi connectivity index (χ4v) is 3.47. The van der Waals surface area contributed by atoms with E-state index in [9.17, 15) is 5.11 Å². The molecule has 2 N–H and O–H groups in total. The number of phenols is 1. The molecule has 0 radical (unpaired) electrons. The number of hydrogen-bond acceptors (Lipinski definition) is 3. The van der Waals surface area contributed by atoms with Crippen LogP contribution in [0.2, 0.25) is 10.0 Å². The zero-order valence-electron chi connectivity index (χ0n) is 13.4. The minimum atomic E-state index is 0. The first-order valence-corrected chi connectivity index (χ1v) is 8.51. The van der Waals surface area contributed by atoms with Crippen LogP contribution in [0.3, 0.4) is 0 Å². The van der Waals surface area contributed by atoms with Crippen LogP contribution in [0.4, 0.5) is 0 Å². The van der Waals surface area contributed by atoms with Gasteiger partial charge in [0.25, 0.3) is 0 Å². The van der Waals surface area contributed by atoms with Gasteiger partial charge in [0.05, 0.1) is 5.02 Å². The van der Waals surface area contributed by atoms with E-state index in [0.29, 0.717) is 10.0 Å². The molecule has 1 saturated heterocycles. The first-order valence-electron chi connectivity index (χ1n) is 7.76. The Morgan fingerprint density at radius 1 is 1.17 bits per heavy atom. The summed E-state index contributed by atoms with van der Waals surface area (Å²) in [4.78, 5) is 2.42. The summed E-state index contributed by atoms with van der Waals surface area (Å²) >= 11 is 12.2. The molecule has 1 aromatic carbocycles. The molecule has 23 heavy (non-hydrogen) atoms. The Kier molecular flexibility index (Phi) is 11.7. The molecule has 0 spiro atoms. The molecule has 0 unspecified atom stereocenters. The number of benzene rings is 1. The number of phenolic OH excluding ortho intramolecular Hbond substituents is 1. The van der Waals surface area contributed by atoms with E-state index in [4.69, 9.17) is 23.2 Å². The van der Waals surface area contributed by atoms with Gasteiger partial charge in [0.2, 0.25) is 0 Å². The smallest absolute Gasteiger partial charge is 0.139 e. The molecule has 134 valence electrons. The van der Waals surface area contributed by atoms with E-state index in [0.717, 1.165) is 44.6 Å². The van der Waals surface area contributed by atoms with Gasteiger partial charge in [0.1, 0.15) is 5.75 Å². The van der Waals surface area contributed by atoms with Gasteiger partial charge >= 0.3 is 0 Å². The maximum absolute atomic E-state index is 10.3. The first kappa shape index (κ1) is 23.1. The van der Waals surface area contributed by atoms with Gasteiger partial charge in [0.15, 0.2) is 0 Å². The quantitative estimate of drug-likeness (QED) is 0.650. The Morgan fingerprint density at radius 2 is 1.83 bits per heavy atom. The summed E-state index contributed by atoms with van der Waals surface area (Å²) in [5, 5.41) is 14.6. The van der Waals surface area contributed by atoms with Crippen molar-refractivity contribution in [2.24, 2.45) is 0 Å². The Hall–Kier alpha value is 0.1000. The molecule has 1 atom stereocenters. The first-order chi connectivity index (χ1) is 10.1.